The summed E-state index contributed by atoms with van der Waals surface area (Å²) in [7, 11) is -4.17. The van der Waals surface area contributed by atoms with Gasteiger partial charge in [0.15, 0.2) is 0 Å². The van der Waals surface area contributed by atoms with Crippen molar-refractivity contribution < 1.29 is 42.2 Å². The van der Waals surface area contributed by atoms with E-state index >= 15 is 0 Å². The molecule has 150 valence electrons. The third-order valence-corrected chi connectivity index (χ3v) is 2.64. The van der Waals surface area contributed by atoms with Crippen molar-refractivity contribution in [3.05, 3.63) is 0 Å². The fourth-order valence-corrected chi connectivity index (χ4v) is 1.48. The zero-order valence-electron chi connectivity index (χ0n) is 14.3. The minimum absolute atomic E-state index is 0.109. The van der Waals surface area contributed by atoms with E-state index in [0.29, 0.717) is 64.6 Å². The van der Waals surface area contributed by atoms with E-state index in [1.54, 1.807) is 0 Å². The van der Waals surface area contributed by atoms with Gasteiger partial charge in [0.1, 0.15) is 0 Å². The first-order valence-corrected chi connectivity index (χ1v) is 9.49. The summed E-state index contributed by atoms with van der Waals surface area (Å²) < 4.78 is 35.1. The first-order chi connectivity index (χ1) is 11.7. The van der Waals surface area contributed by atoms with Crippen molar-refractivity contribution >= 4 is 22.2 Å². The summed E-state index contributed by atoms with van der Waals surface area (Å²) >= 11 is 0. The van der Waals surface area contributed by atoms with Crippen LogP contribution in [0.2, 0.25) is 0 Å². The lowest BCUT2D eigenvalue weighted by atomic mass is 10.2. The van der Waals surface area contributed by atoms with Gasteiger partial charge in [0.2, 0.25) is 0 Å². The van der Waals surface area contributed by atoms with Gasteiger partial charge in [-0.3, -0.25) is 14.1 Å². The van der Waals surface area contributed by atoms with Crippen LogP contribution in [0.4, 0.5) is 0 Å². The standard InChI is InChI=1S/C14H26O6.H3NO3S/c15-9-3-5-11-19-13(17)7-1-2-8-14(18)20-12-6-4-10-16;1-5(2,3)4/h15-16H,1-12H2;(H3,1,2,3,4). The van der Waals surface area contributed by atoms with Crippen LogP contribution in [-0.2, 0) is 29.4 Å². The van der Waals surface area contributed by atoms with Gasteiger partial charge in [0, 0.05) is 26.1 Å². The number of unbranched alkanes of at least 4 members (excludes halogenated alkanes) is 3. The molecule has 25 heavy (non-hydrogen) atoms. The summed E-state index contributed by atoms with van der Waals surface area (Å²) in [6.45, 7) is 0.897. The first-order valence-electron chi connectivity index (χ1n) is 7.99. The fourth-order valence-electron chi connectivity index (χ4n) is 1.48. The van der Waals surface area contributed by atoms with Gasteiger partial charge in [-0.1, -0.05) is 0 Å². The van der Waals surface area contributed by atoms with Gasteiger partial charge in [0.25, 0.3) is 0 Å². The Morgan fingerprint density at radius 3 is 1.36 bits per heavy atom. The second-order valence-corrected chi connectivity index (χ2v) is 6.05. The third-order valence-electron chi connectivity index (χ3n) is 2.64. The maximum atomic E-state index is 11.3. The van der Waals surface area contributed by atoms with Gasteiger partial charge in [-0.2, -0.15) is 8.42 Å². The molecule has 0 atom stereocenters. The Morgan fingerprint density at radius 1 is 0.760 bits per heavy atom. The van der Waals surface area contributed by atoms with Crippen molar-refractivity contribution in [1.82, 2.24) is 0 Å². The van der Waals surface area contributed by atoms with Crippen molar-refractivity contribution in [3.8, 4) is 0 Å². The van der Waals surface area contributed by atoms with Crippen LogP contribution in [-0.4, -0.2) is 61.5 Å². The summed E-state index contributed by atoms with van der Waals surface area (Å²) in [4.78, 5) is 22.5. The number of aliphatic hydroxyl groups is 2. The molecule has 0 aromatic heterocycles. The van der Waals surface area contributed by atoms with Gasteiger partial charge < -0.3 is 19.7 Å². The number of hydrogen-bond donors (Lipinski definition) is 4. The lowest BCUT2D eigenvalue weighted by Gasteiger charge is -2.05. The molecule has 0 aromatic rings. The molecule has 0 saturated heterocycles. The Bertz CT molecular complexity index is 406. The zero-order valence-corrected chi connectivity index (χ0v) is 15.1. The highest BCUT2D eigenvalue weighted by atomic mass is 32.2. The van der Waals surface area contributed by atoms with Gasteiger partial charge in [-0.15, -0.1) is 0 Å². The molecule has 0 aliphatic carbocycles. The van der Waals surface area contributed by atoms with Gasteiger partial charge >= 0.3 is 22.2 Å². The van der Waals surface area contributed by atoms with Crippen molar-refractivity contribution in [2.45, 2.75) is 51.4 Å². The summed E-state index contributed by atoms with van der Waals surface area (Å²) in [5.41, 5.74) is 0. The molecule has 5 N–H and O–H groups in total. The smallest absolute Gasteiger partial charge is 0.330 e. The van der Waals surface area contributed by atoms with E-state index in [4.69, 9.17) is 32.7 Å². The molecule has 11 heteroatoms. The van der Waals surface area contributed by atoms with Gasteiger partial charge in [-0.05, 0) is 38.5 Å². The molecule has 0 fully saturated rings. The van der Waals surface area contributed by atoms with Crippen molar-refractivity contribution in [2.24, 2.45) is 5.14 Å². The number of ether oxygens (including phenoxy) is 2. The third kappa shape index (κ3) is 31.1. The van der Waals surface area contributed by atoms with Crippen LogP contribution in [0.1, 0.15) is 51.4 Å². The Hall–Kier alpha value is -1.27. The number of carbonyl (C=O) groups excluding carboxylic acids is 2. The predicted octanol–water partition coefficient (Wildman–Crippen LogP) is -0.0739. The maximum Gasteiger partial charge on any atom is 0.330 e. The van der Waals surface area contributed by atoms with Crippen LogP contribution in [0.3, 0.4) is 0 Å². The Labute approximate surface area is 148 Å². The summed E-state index contributed by atoms with van der Waals surface area (Å²) in [5, 5.41) is 21.0. The largest absolute Gasteiger partial charge is 0.466 e. The average Bonchev–Trinajstić information content (AvgIpc) is 2.51. The molecule has 0 radical (unpaired) electrons. The van der Waals surface area contributed by atoms with Crippen LogP contribution in [0.25, 0.3) is 0 Å². The van der Waals surface area contributed by atoms with Crippen LogP contribution in [0.15, 0.2) is 0 Å². The molecule has 0 bridgehead atoms. The highest BCUT2D eigenvalue weighted by Gasteiger charge is 2.06. The van der Waals surface area contributed by atoms with E-state index in [1.807, 2.05) is 0 Å². The summed E-state index contributed by atoms with van der Waals surface area (Å²) in [6, 6.07) is 0. The SMILES string of the molecule is NS(=O)(=O)O.O=C(CCCCC(=O)OCCCCO)OCCCCO. The first kappa shape index (κ1) is 26.0. The molecule has 0 heterocycles. The van der Waals surface area contributed by atoms with Gasteiger partial charge in [-0.25, -0.2) is 5.14 Å². The molecular weight excluding hydrogens is 358 g/mol. The number of esters is 2. The fraction of sp³-hybridized carbons (Fsp3) is 0.857. The summed E-state index contributed by atoms with van der Waals surface area (Å²) in [5.74, 6) is -0.529. The van der Waals surface area contributed by atoms with Crippen molar-refractivity contribution in [3.63, 3.8) is 0 Å². The molecular formula is C14H29NO9S. The Kier molecular flexibility index (Phi) is 18.2. The molecule has 0 unspecified atom stereocenters. The molecule has 10 nitrogen and oxygen atoms in total. The quantitative estimate of drug-likeness (QED) is 0.191. The minimum atomic E-state index is -4.17. The molecule has 0 amide bonds. The average molecular weight is 387 g/mol. The molecule has 0 aliphatic rings. The molecule has 0 spiro atoms. The molecule has 0 aliphatic heterocycles. The van der Waals surface area contributed by atoms with Crippen molar-refractivity contribution in [2.75, 3.05) is 26.4 Å². The van der Waals surface area contributed by atoms with E-state index in [9.17, 15) is 9.59 Å². The highest BCUT2D eigenvalue weighted by Crippen LogP contribution is 2.04. The van der Waals surface area contributed by atoms with E-state index in [1.165, 1.54) is 0 Å². The number of rotatable bonds is 13. The summed E-state index contributed by atoms with van der Waals surface area (Å²) in [6.07, 6.45) is 4.42. The topological polar surface area (TPSA) is 173 Å². The predicted molar refractivity (Wildman–Crippen MR) is 88.8 cm³/mol. The van der Waals surface area contributed by atoms with Crippen LogP contribution < -0.4 is 5.14 Å². The Balaban J connectivity index is 0. The lowest BCUT2D eigenvalue weighted by Crippen LogP contribution is -2.08. The minimum Gasteiger partial charge on any atom is -0.466 e. The normalized spacial score (nSPS) is 10.6. The number of aliphatic hydroxyl groups excluding tert-OH is 2. The van der Waals surface area contributed by atoms with E-state index in [2.05, 4.69) is 5.14 Å². The molecule has 0 aromatic carbocycles. The van der Waals surface area contributed by atoms with E-state index < -0.39 is 10.3 Å². The molecule has 0 rings (SSSR count). The van der Waals surface area contributed by atoms with Crippen LogP contribution in [0.5, 0.6) is 0 Å². The molecule has 0 saturated carbocycles. The Morgan fingerprint density at radius 2 is 1.08 bits per heavy atom. The maximum absolute atomic E-state index is 11.3. The second kappa shape index (κ2) is 17.5. The van der Waals surface area contributed by atoms with E-state index in [-0.39, 0.29) is 25.2 Å². The number of hydrogen-bond acceptors (Lipinski definition) is 8. The number of nitrogens with two attached hydrogens (primary N) is 1. The highest BCUT2D eigenvalue weighted by molar-refractivity contribution is 7.83. The van der Waals surface area contributed by atoms with Crippen molar-refractivity contribution in [1.29, 1.82) is 0 Å². The lowest BCUT2D eigenvalue weighted by molar-refractivity contribution is -0.146. The zero-order chi connectivity index (χ0) is 19.6. The van der Waals surface area contributed by atoms with Crippen LogP contribution in [0, 0.1) is 0 Å². The van der Waals surface area contributed by atoms with Crippen LogP contribution >= 0.6 is 0 Å². The second-order valence-electron chi connectivity index (χ2n) is 5.02. The number of carbonyl (C=O) groups is 2. The monoisotopic (exact) mass is 387 g/mol. The van der Waals surface area contributed by atoms with Gasteiger partial charge in [0.05, 0.1) is 13.2 Å². The van der Waals surface area contributed by atoms with E-state index in [0.717, 1.165) is 0 Å².